The molecule has 0 aliphatic rings. The van der Waals surface area contributed by atoms with Gasteiger partial charge in [-0.2, -0.15) is 0 Å². The molecule has 1 unspecified atom stereocenters. The van der Waals surface area contributed by atoms with Gasteiger partial charge >= 0.3 is 0 Å². The normalized spacial score (nSPS) is 14.9. The molecule has 0 aromatic carbocycles. The fraction of sp³-hybridized carbons (Fsp3) is 0.900. The molecule has 0 bridgehead atoms. The highest BCUT2D eigenvalue weighted by Gasteiger charge is 2.15. The van der Waals surface area contributed by atoms with Gasteiger partial charge in [0.05, 0.1) is 12.6 Å². The molecule has 0 aromatic heterocycles. The molecule has 0 fully saturated rings. The predicted molar refractivity (Wildman–Crippen MR) is 56.8 cm³/mol. The summed E-state index contributed by atoms with van der Waals surface area (Å²) in [6.07, 6.45) is 2.43. The van der Waals surface area contributed by atoms with Gasteiger partial charge in [0, 0.05) is 5.92 Å². The highest BCUT2D eigenvalue weighted by atomic mass is 16.3. The summed E-state index contributed by atoms with van der Waals surface area (Å²) in [4.78, 5) is 11.5. The maximum absolute atomic E-state index is 11.5. The summed E-state index contributed by atoms with van der Waals surface area (Å²) in [5.41, 5.74) is 5.36. The molecule has 0 aromatic rings. The average molecular weight is 202 g/mol. The molecule has 2 atom stereocenters. The summed E-state index contributed by atoms with van der Waals surface area (Å²) in [5, 5.41) is 11.7. The predicted octanol–water partition coefficient (Wildman–Crippen LogP) is 0.249. The number of carbonyl (C=O) groups is 1. The van der Waals surface area contributed by atoms with E-state index in [1.165, 1.54) is 0 Å². The minimum atomic E-state index is -0.108. The van der Waals surface area contributed by atoms with Crippen LogP contribution in [0.1, 0.15) is 33.1 Å². The first kappa shape index (κ1) is 13.4. The van der Waals surface area contributed by atoms with Crippen molar-refractivity contribution in [2.24, 2.45) is 11.7 Å². The number of aliphatic hydroxyl groups is 1. The Labute approximate surface area is 85.9 Å². The van der Waals surface area contributed by atoms with Crippen molar-refractivity contribution in [3.8, 4) is 0 Å². The van der Waals surface area contributed by atoms with E-state index < -0.39 is 0 Å². The number of aliphatic hydroxyl groups excluding tert-OH is 1. The zero-order chi connectivity index (χ0) is 11.0. The first-order chi connectivity index (χ1) is 6.65. The van der Waals surface area contributed by atoms with Crippen molar-refractivity contribution in [2.75, 3.05) is 13.2 Å². The Bertz CT molecular complexity index is 158. The van der Waals surface area contributed by atoms with Gasteiger partial charge in [0.1, 0.15) is 0 Å². The first-order valence-corrected chi connectivity index (χ1v) is 5.27. The summed E-state index contributed by atoms with van der Waals surface area (Å²) >= 11 is 0. The minimum absolute atomic E-state index is 0.00580. The molecule has 0 aliphatic carbocycles. The van der Waals surface area contributed by atoms with Gasteiger partial charge in [-0.3, -0.25) is 4.79 Å². The van der Waals surface area contributed by atoms with E-state index in [9.17, 15) is 4.79 Å². The zero-order valence-electron chi connectivity index (χ0n) is 9.12. The molecule has 0 spiro atoms. The Morgan fingerprint density at radius 3 is 2.64 bits per heavy atom. The molecule has 84 valence electrons. The first-order valence-electron chi connectivity index (χ1n) is 5.27. The van der Waals surface area contributed by atoms with Crippen LogP contribution in [0.5, 0.6) is 0 Å². The lowest BCUT2D eigenvalue weighted by Crippen LogP contribution is -2.40. The van der Waals surface area contributed by atoms with E-state index in [0.717, 1.165) is 19.3 Å². The van der Waals surface area contributed by atoms with Crippen LogP contribution in [-0.2, 0) is 4.79 Å². The summed E-state index contributed by atoms with van der Waals surface area (Å²) in [7, 11) is 0. The van der Waals surface area contributed by atoms with Gasteiger partial charge in [-0.25, -0.2) is 0 Å². The van der Waals surface area contributed by atoms with Gasteiger partial charge in [0.15, 0.2) is 0 Å². The van der Waals surface area contributed by atoms with E-state index in [0.29, 0.717) is 6.54 Å². The Morgan fingerprint density at radius 1 is 1.57 bits per heavy atom. The van der Waals surface area contributed by atoms with Crippen molar-refractivity contribution in [3.63, 3.8) is 0 Å². The maximum Gasteiger partial charge on any atom is 0.223 e. The molecular formula is C10H22N2O2. The van der Waals surface area contributed by atoms with E-state index in [1.807, 2.05) is 13.8 Å². The quantitative estimate of drug-likeness (QED) is 0.554. The van der Waals surface area contributed by atoms with Crippen LogP contribution >= 0.6 is 0 Å². The van der Waals surface area contributed by atoms with Crippen molar-refractivity contribution in [2.45, 2.75) is 39.2 Å². The van der Waals surface area contributed by atoms with Gasteiger partial charge in [0.25, 0.3) is 0 Å². The second-order valence-electron chi connectivity index (χ2n) is 3.63. The van der Waals surface area contributed by atoms with Crippen molar-refractivity contribution in [1.29, 1.82) is 0 Å². The molecule has 1 amide bonds. The third kappa shape index (κ3) is 5.19. The highest BCUT2D eigenvalue weighted by Crippen LogP contribution is 2.05. The number of nitrogens with two attached hydrogens (primary N) is 1. The monoisotopic (exact) mass is 202 g/mol. The van der Waals surface area contributed by atoms with E-state index in [-0.39, 0.29) is 24.5 Å². The third-order valence-corrected chi connectivity index (χ3v) is 2.35. The van der Waals surface area contributed by atoms with Crippen LogP contribution in [0, 0.1) is 5.92 Å². The standard InChI is InChI=1S/C10H22N2O2/c1-3-9(7-13)12-10(14)8(2)5-4-6-11/h8-9,13H,3-7,11H2,1-2H3,(H,12,14)/t8?,9-/m1/s1. The zero-order valence-corrected chi connectivity index (χ0v) is 9.12. The number of amides is 1. The SMILES string of the molecule is CC[C@H](CO)NC(=O)C(C)CCCN. The molecule has 4 heteroatoms. The molecule has 0 radical (unpaired) electrons. The van der Waals surface area contributed by atoms with Crippen molar-refractivity contribution in [1.82, 2.24) is 5.32 Å². The van der Waals surface area contributed by atoms with E-state index in [4.69, 9.17) is 10.8 Å². The van der Waals surface area contributed by atoms with E-state index in [2.05, 4.69) is 5.32 Å². The van der Waals surface area contributed by atoms with Crippen LogP contribution in [0.2, 0.25) is 0 Å². The van der Waals surface area contributed by atoms with Gasteiger partial charge < -0.3 is 16.2 Å². The topological polar surface area (TPSA) is 75.3 Å². The number of hydrogen-bond donors (Lipinski definition) is 3. The maximum atomic E-state index is 11.5. The van der Waals surface area contributed by atoms with Crippen molar-refractivity contribution >= 4 is 5.91 Å². The smallest absolute Gasteiger partial charge is 0.223 e. The Morgan fingerprint density at radius 2 is 2.21 bits per heavy atom. The van der Waals surface area contributed by atoms with Gasteiger partial charge in [0.2, 0.25) is 5.91 Å². The van der Waals surface area contributed by atoms with Gasteiger partial charge in [-0.15, -0.1) is 0 Å². The molecule has 0 saturated carbocycles. The second kappa shape index (κ2) is 7.76. The van der Waals surface area contributed by atoms with Crippen LogP contribution in [0.15, 0.2) is 0 Å². The Kier molecular flexibility index (Phi) is 7.42. The van der Waals surface area contributed by atoms with Crippen LogP contribution in [0.3, 0.4) is 0 Å². The molecule has 0 saturated heterocycles. The molecule has 4 nitrogen and oxygen atoms in total. The minimum Gasteiger partial charge on any atom is -0.394 e. The second-order valence-corrected chi connectivity index (χ2v) is 3.63. The Hall–Kier alpha value is -0.610. The van der Waals surface area contributed by atoms with E-state index in [1.54, 1.807) is 0 Å². The Balaban J connectivity index is 3.81. The molecule has 14 heavy (non-hydrogen) atoms. The average Bonchev–Trinajstić information content (AvgIpc) is 2.21. The summed E-state index contributed by atoms with van der Waals surface area (Å²) < 4.78 is 0. The summed E-state index contributed by atoms with van der Waals surface area (Å²) in [6, 6.07) is -0.108. The van der Waals surface area contributed by atoms with Crippen LogP contribution in [-0.4, -0.2) is 30.2 Å². The number of rotatable bonds is 7. The molecule has 0 heterocycles. The number of carbonyl (C=O) groups excluding carboxylic acids is 1. The lowest BCUT2D eigenvalue weighted by molar-refractivity contribution is -0.125. The lowest BCUT2D eigenvalue weighted by atomic mass is 10.0. The number of nitrogens with one attached hydrogen (secondary N) is 1. The highest BCUT2D eigenvalue weighted by molar-refractivity contribution is 5.78. The summed E-state index contributed by atoms with van der Waals surface area (Å²) in [5.74, 6) is -0.00139. The molecule has 4 N–H and O–H groups in total. The molecular weight excluding hydrogens is 180 g/mol. The third-order valence-electron chi connectivity index (χ3n) is 2.35. The van der Waals surface area contributed by atoms with Crippen molar-refractivity contribution in [3.05, 3.63) is 0 Å². The van der Waals surface area contributed by atoms with Crippen LogP contribution in [0.4, 0.5) is 0 Å². The summed E-state index contributed by atoms with van der Waals surface area (Å²) in [6.45, 7) is 4.45. The number of hydrogen-bond acceptors (Lipinski definition) is 3. The molecule has 0 aliphatic heterocycles. The molecule has 0 rings (SSSR count). The fourth-order valence-corrected chi connectivity index (χ4v) is 1.18. The largest absolute Gasteiger partial charge is 0.394 e. The van der Waals surface area contributed by atoms with Crippen LogP contribution in [0.25, 0.3) is 0 Å². The van der Waals surface area contributed by atoms with Gasteiger partial charge in [-0.05, 0) is 25.8 Å². The van der Waals surface area contributed by atoms with Gasteiger partial charge in [-0.1, -0.05) is 13.8 Å². The van der Waals surface area contributed by atoms with Crippen molar-refractivity contribution < 1.29 is 9.90 Å². The van der Waals surface area contributed by atoms with E-state index >= 15 is 0 Å². The fourth-order valence-electron chi connectivity index (χ4n) is 1.18. The lowest BCUT2D eigenvalue weighted by Gasteiger charge is -2.17. The van der Waals surface area contributed by atoms with Crippen LogP contribution < -0.4 is 11.1 Å².